The Labute approximate surface area is 114 Å². The molecule has 2 atom stereocenters. The summed E-state index contributed by atoms with van der Waals surface area (Å²) in [7, 11) is 0. The van der Waals surface area contributed by atoms with E-state index in [1.54, 1.807) is 0 Å². The van der Waals surface area contributed by atoms with Gasteiger partial charge in [-0.1, -0.05) is 18.2 Å². The summed E-state index contributed by atoms with van der Waals surface area (Å²) in [5, 5.41) is 9.33. The fraction of sp³-hybridized carbons (Fsp3) is 0.600. The molecule has 18 heavy (non-hydrogen) atoms. The minimum absolute atomic E-state index is 0.327. The van der Waals surface area contributed by atoms with Crippen LogP contribution < -0.4 is 0 Å². The first-order chi connectivity index (χ1) is 8.74. The molecule has 2 rings (SSSR count). The van der Waals surface area contributed by atoms with E-state index >= 15 is 0 Å². The standard InChI is InChI=1S/C15H23NOS/c1-12-7-8-13(11-17)9-16(12)10-14-5-3-4-6-15(14)18-2/h3-6,12-13,17H,7-11H2,1-2H3. The predicted molar refractivity (Wildman–Crippen MR) is 77.9 cm³/mol. The first kappa shape index (κ1) is 13.9. The zero-order valence-corrected chi connectivity index (χ0v) is 12.1. The molecule has 0 aliphatic carbocycles. The summed E-state index contributed by atoms with van der Waals surface area (Å²) in [6.45, 7) is 4.66. The number of piperidine rings is 1. The van der Waals surface area contributed by atoms with Gasteiger partial charge in [0, 0.05) is 30.6 Å². The topological polar surface area (TPSA) is 23.5 Å². The average molecular weight is 265 g/mol. The molecule has 0 spiro atoms. The lowest BCUT2D eigenvalue weighted by atomic mass is 9.93. The molecule has 0 saturated carbocycles. The lowest BCUT2D eigenvalue weighted by Crippen LogP contribution is -2.42. The molecule has 0 amide bonds. The molecule has 1 aromatic rings. The summed E-state index contributed by atoms with van der Waals surface area (Å²) in [4.78, 5) is 3.88. The highest BCUT2D eigenvalue weighted by molar-refractivity contribution is 7.98. The first-order valence-corrected chi connectivity index (χ1v) is 7.94. The van der Waals surface area contributed by atoms with Crippen LogP contribution in [0.15, 0.2) is 29.2 Å². The third-order valence-corrected chi connectivity index (χ3v) is 4.77. The Morgan fingerprint density at radius 3 is 2.83 bits per heavy atom. The monoisotopic (exact) mass is 265 g/mol. The second kappa shape index (κ2) is 6.60. The average Bonchev–Trinajstić information content (AvgIpc) is 2.42. The normalized spacial score (nSPS) is 25.3. The van der Waals surface area contributed by atoms with E-state index in [0.29, 0.717) is 18.6 Å². The number of nitrogens with zero attached hydrogens (tertiary/aromatic N) is 1. The molecule has 100 valence electrons. The van der Waals surface area contributed by atoms with E-state index in [1.165, 1.54) is 23.3 Å². The van der Waals surface area contributed by atoms with E-state index in [-0.39, 0.29) is 0 Å². The lowest BCUT2D eigenvalue weighted by molar-refractivity contribution is 0.0766. The van der Waals surface area contributed by atoms with Crippen molar-refractivity contribution in [2.75, 3.05) is 19.4 Å². The minimum Gasteiger partial charge on any atom is -0.396 e. The molecule has 1 N–H and O–H groups in total. The number of hydrogen-bond acceptors (Lipinski definition) is 3. The molecule has 1 saturated heterocycles. The van der Waals surface area contributed by atoms with Gasteiger partial charge in [-0.05, 0) is 43.6 Å². The first-order valence-electron chi connectivity index (χ1n) is 6.71. The van der Waals surface area contributed by atoms with E-state index in [1.807, 2.05) is 11.8 Å². The Morgan fingerprint density at radius 1 is 1.33 bits per heavy atom. The number of likely N-dealkylation sites (tertiary alicyclic amines) is 1. The van der Waals surface area contributed by atoms with Gasteiger partial charge < -0.3 is 5.11 Å². The summed E-state index contributed by atoms with van der Waals surface area (Å²) in [6, 6.07) is 9.26. The van der Waals surface area contributed by atoms with Gasteiger partial charge in [0.05, 0.1) is 0 Å². The second-order valence-corrected chi connectivity index (χ2v) is 6.06. The van der Waals surface area contributed by atoms with Crippen LogP contribution in [-0.4, -0.2) is 35.5 Å². The fourth-order valence-electron chi connectivity index (χ4n) is 2.68. The highest BCUT2D eigenvalue weighted by Crippen LogP contribution is 2.26. The van der Waals surface area contributed by atoms with Crippen molar-refractivity contribution in [1.29, 1.82) is 0 Å². The smallest absolute Gasteiger partial charge is 0.0471 e. The molecule has 1 aromatic carbocycles. The van der Waals surface area contributed by atoms with E-state index in [0.717, 1.165) is 13.1 Å². The Bertz CT molecular complexity index is 383. The Balaban J connectivity index is 2.07. The largest absolute Gasteiger partial charge is 0.396 e. The minimum atomic E-state index is 0.327. The molecular formula is C15H23NOS. The number of thioether (sulfide) groups is 1. The van der Waals surface area contributed by atoms with Crippen LogP contribution in [0.2, 0.25) is 0 Å². The maximum Gasteiger partial charge on any atom is 0.0471 e. The van der Waals surface area contributed by atoms with E-state index in [9.17, 15) is 5.11 Å². The van der Waals surface area contributed by atoms with Gasteiger partial charge in [-0.2, -0.15) is 0 Å². The highest BCUT2D eigenvalue weighted by Gasteiger charge is 2.25. The van der Waals surface area contributed by atoms with Crippen LogP contribution in [0.25, 0.3) is 0 Å². The Hall–Kier alpha value is -0.510. The third kappa shape index (κ3) is 3.28. The fourth-order valence-corrected chi connectivity index (χ4v) is 3.29. The zero-order valence-electron chi connectivity index (χ0n) is 11.3. The molecular weight excluding hydrogens is 242 g/mol. The third-order valence-electron chi connectivity index (χ3n) is 3.93. The summed E-state index contributed by atoms with van der Waals surface area (Å²) in [5.41, 5.74) is 1.41. The van der Waals surface area contributed by atoms with Crippen LogP contribution in [0.5, 0.6) is 0 Å². The van der Waals surface area contributed by atoms with Gasteiger partial charge in [0.1, 0.15) is 0 Å². The molecule has 1 aliphatic heterocycles. The molecule has 2 nitrogen and oxygen atoms in total. The van der Waals surface area contributed by atoms with Crippen LogP contribution >= 0.6 is 11.8 Å². The van der Waals surface area contributed by atoms with Crippen molar-refractivity contribution in [2.24, 2.45) is 5.92 Å². The van der Waals surface area contributed by atoms with Gasteiger partial charge in [0.2, 0.25) is 0 Å². The Morgan fingerprint density at radius 2 is 2.11 bits per heavy atom. The SMILES string of the molecule is CSc1ccccc1CN1CC(CO)CCC1C. The van der Waals surface area contributed by atoms with Crippen LogP contribution in [0.1, 0.15) is 25.3 Å². The van der Waals surface area contributed by atoms with Gasteiger partial charge in [-0.25, -0.2) is 0 Å². The molecule has 0 radical (unpaired) electrons. The molecule has 1 fully saturated rings. The van der Waals surface area contributed by atoms with Crippen molar-refractivity contribution in [1.82, 2.24) is 4.90 Å². The summed E-state index contributed by atoms with van der Waals surface area (Å²) >= 11 is 1.82. The van der Waals surface area contributed by atoms with Gasteiger partial charge in [-0.3, -0.25) is 4.90 Å². The molecule has 3 heteroatoms. The van der Waals surface area contributed by atoms with Gasteiger partial charge in [-0.15, -0.1) is 11.8 Å². The van der Waals surface area contributed by atoms with Crippen molar-refractivity contribution >= 4 is 11.8 Å². The van der Waals surface area contributed by atoms with Crippen molar-refractivity contribution in [3.05, 3.63) is 29.8 Å². The summed E-state index contributed by atoms with van der Waals surface area (Å²) in [6.07, 6.45) is 4.50. The number of aliphatic hydroxyl groups is 1. The van der Waals surface area contributed by atoms with Crippen molar-refractivity contribution in [2.45, 2.75) is 37.2 Å². The van der Waals surface area contributed by atoms with Gasteiger partial charge in [0.25, 0.3) is 0 Å². The van der Waals surface area contributed by atoms with Crippen LogP contribution in [0.3, 0.4) is 0 Å². The second-order valence-electron chi connectivity index (χ2n) is 5.22. The molecule has 0 bridgehead atoms. The van der Waals surface area contributed by atoms with E-state index in [4.69, 9.17) is 0 Å². The lowest BCUT2D eigenvalue weighted by Gasteiger charge is -2.37. The molecule has 2 unspecified atom stereocenters. The van der Waals surface area contributed by atoms with Crippen molar-refractivity contribution in [3.8, 4) is 0 Å². The van der Waals surface area contributed by atoms with Crippen LogP contribution in [0.4, 0.5) is 0 Å². The van der Waals surface area contributed by atoms with E-state index in [2.05, 4.69) is 42.3 Å². The maximum absolute atomic E-state index is 9.33. The maximum atomic E-state index is 9.33. The quantitative estimate of drug-likeness (QED) is 0.847. The molecule has 0 aromatic heterocycles. The highest BCUT2D eigenvalue weighted by atomic mass is 32.2. The summed E-state index contributed by atoms with van der Waals surface area (Å²) < 4.78 is 0. The number of benzene rings is 1. The number of aliphatic hydroxyl groups excluding tert-OH is 1. The predicted octanol–water partition coefficient (Wildman–Crippen LogP) is 3.00. The van der Waals surface area contributed by atoms with Crippen LogP contribution in [-0.2, 0) is 6.54 Å². The van der Waals surface area contributed by atoms with Crippen molar-refractivity contribution in [3.63, 3.8) is 0 Å². The van der Waals surface area contributed by atoms with Gasteiger partial charge >= 0.3 is 0 Å². The summed E-state index contributed by atoms with van der Waals surface area (Å²) in [5.74, 6) is 0.461. The molecule has 1 aliphatic rings. The van der Waals surface area contributed by atoms with Crippen molar-refractivity contribution < 1.29 is 5.11 Å². The number of rotatable bonds is 4. The van der Waals surface area contributed by atoms with Crippen LogP contribution in [0, 0.1) is 5.92 Å². The number of hydrogen-bond donors (Lipinski definition) is 1. The zero-order chi connectivity index (χ0) is 13.0. The van der Waals surface area contributed by atoms with E-state index < -0.39 is 0 Å². The Kier molecular flexibility index (Phi) is 5.10. The molecule has 1 heterocycles. The van der Waals surface area contributed by atoms with Gasteiger partial charge in [0.15, 0.2) is 0 Å².